The Bertz CT molecular complexity index is 1310. The van der Waals surface area contributed by atoms with Crippen molar-refractivity contribution in [2.75, 3.05) is 6.54 Å². The minimum atomic E-state index is -3.83. The van der Waals surface area contributed by atoms with Crippen molar-refractivity contribution in [3.05, 3.63) is 75.6 Å². The second-order valence-corrected chi connectivity index (χ2v) is 8.93. The van der Waals surface area contributed by atoms with Crippen molar-refractivity contribution in [3.63, 3.8) is 0 Å². The number of Topliss-reactive ketones (excluding diaryl/α,β-unsaturated/α-hetero) is 1. The number of rotatable bonds is 9. The van der Waals surface area contributed by atoms with Gasteiger partial charge in [-0.25, -0.2) is 17.9 Å². The van der Waals surface area contributed by atoms with Gasteiger partial charge in [0.1, 0.15) is 12.2 Å². The second kappa shape index (κ2) is 9.88. The van der Waals surface area contributed by atoms with Gasteiger partial charge in [0, 0.05) is 29.1 Å². The molecule has 0 atom stereocenters. The van der Waals surface area contributed by atoms with Gasteiger partial charge in [0.05, 0.1) is 11.3 Å². The average Bonchev–Trinajstić information content (AvgIpc) is 2.76. The molecule has 168 valence electrons. The van der Waals surface area contributed by atoms with Gasteiger partial charge < -0.3 is 9.15 Å². The van der Waals surface area contributed by atoms with Crippen LogP contribution in [0.3, 0.4) is 0 Å². The minimum absolute atomic E-state index is 0.00945. The molecule has 0 bridgehead atoms. The molecule has 0 unspecified atom stereocenters. The fraction of sp³-hybridized carbons (Fsp3) is 0.261. The molecule has 0 amide bonds. The van der Waals surface area contributed by atoms with E-state index in [4.69, 9.17) is 9.15 Å². The summed E-state index contributed by atoms with van der Waals surface area (Å²) < 4.78 is 37.4. The zero-order valence-electron chi connectivity index (χ0n) is 17.7. The van der Waals surface area contributed by atoms with Crippen LogP contribution in [0.2, 0.25) is 0 Å². The van der Waals surface area contributed by atoms with E-state index in [0.717, 1.165) is 12.0 Å². The number of aryl methyl sites for hydroxylation is 1. The van der Waals surface area contributed by atoms with E-state index in [-0.39, 0.29) is 30.3 Å². The van der Waals surface area contributed by atoms with Crippen LogP contribution in [-0.2, 0) is 32.6 Å². The smallest absolute Gasteiger partial charge is 0.336 e. The fourth-order valence-electron chi connectivity index (χ4n) is 3.08. The monoisotopic (exact) mass is 457 g/mol. The molecule has 0 saturated carbocycles. The molecule has 2 aromatic carbocycles. The summed E-state index contributed by atoms with van der Waals surface area (Å²) in [6.07, 6.45) is 0.597. The Balaban J connectivity index is 1.57. The minimum Gasteiger partial charge on any atom is -0.461 e. The van der Waals surface area contributed by atoms with Gasteiger partial charge in [-0.1, -0.05) is 31.2 Å². The number of nitrogens with one attached hydrogen (secondary N) is 1. The van der Waals surface area contributed by atoms with E-state index in [0.29, 0.717) is 22.1 Å². The summed E-state index contributed by atoms with van der Waals surface area (Å²) in [7, 11) is -3.83. The molecular weight excluding hydrogens is 434 g/mol. The summed E-state index contributed by atoms with van der Waals surface area (Å²) in [5.41, 5.74) is 1.81. The lowest BCUT2D eigenvalue weighted by molar-refractivity contribution is -0.144. The van der Waals surface area contributed by atoms with Crippen LogP contribution in [0.25, 0.3) is 11.0 Å². The van der Waals surface area contributed by atoms with Crippen LogP contribution in [-0.4, -0.2) is 26.7 Å². The molecule has 0 aliphatic rings. The molecule has 0 saturated heterocycles. The molecule has 9 heteroatoms. The van der Waals surface area contributed by atoms with Crippen molar-refractivity contribution in [2.24, 2.45) is 0 Å². The first-order valence-corrected chi connectivity index (χ1v) is 11.5. The van der Waals surface area contributed by atoms with Crippen LogP contribution in [0.15, 0.2) is 62.6 Å². The third-order valence-electron chi connectivity index (χ3n) is 4.88. The van der Waals surface area contributed by atoms with E-state index >= 15 is 0 Å². The number of ketones is 1. The highest BCUT2D eigenvalue weighted by Gasteiger charge is 2.15. The second-order valence-electron chi connectivity index (χ2n) is 7.16. The molecular formula is C23H23NO7S. The lowest BCUT2D eigenvalue weighted by atomic mass is 10.1. The molecule has 0 fully saturated rings. The highest BCUT2D eigenvalue weighted by Crippen LogP contribution is 2.20. The summed E-state index contributed by atoms with van der Waals surface area (Å²) in [4.78, 5) is 35.2. The summed E-state index contributed by atoms with van der Waals surface area (Å²) >= 11 is 0. The molecule has 1 N–H and O–H groups in total. The SMILES string of the molecule is CCc1ccc2c(COC(=O)CCNS(=O)(=O)c3ccc(C(C)=O)cc3)cc(=O)oc2c1. The van der Waals surface area contributed by atoms with Gasteiger partial charge >= 0.3 is 11.6 Å². The molecule has 8 nitrogen and oxygen atoms in total. The largest absolute Gasteiger partial charge is 0.461 e. The van der Waals surface area contributed by atoms with E-state index in [1.54, 1.807) is 6.07 Å². The van der Waals surface area contributed by atoms with Crippen LogP contribution >= 0.6 is 0 Å². The Morgan fingerprint density at radius 3 is 2.44 bits per heavy atom. The van der Waals surface area contributed by atoms with E-state index in [9.17, 15) is 22.8 Å². The summed E-state index contributed by atoms with van der Waals surface area (Å²) in [5, 5.41) is 0.671. The quantitative estimate of drug-likeness (QED) is 0.298. The maximum Gasteiger partial charge on any atom is 0.336 e. The number of carbonyl (C=O) groups is 2. The van der Waals surface area contributed by atoms with Crippen molar-refractivity contribution < 1.29 is 27.2 Å². The van der Waals surface area contributed by atoms with Gasteiger partial charge in [0.15, 0.2) is 5.78 Å². The van der Waals surface area contributed by atoms with Crippen LogP contribution in [0.1, 0.15) is 41.8 Å². The van der Waals surface area contributed by atoms with E-state index in [1.807, 2.05) is 19.1 Å². The summed E-state index contributed by atoms with van der Waals surface area (Å²) in [6, 6.07) is 12.3. The normalized spacial score (nSPS) is 11.4. The number of carbonyl (C=O) groups excluding carboxylic acids is 2. The number of sulfonamides is 1. The zero-order valence-corrected chi connectivity index (χ0v) is 18.5. The van der Waals surface area contributed by atoms with E-state index in [2.05, 4.69) is 4.72 Å². The third kappa shape index (κ3) is 5.68. The van der Waals surface area contributed by atoms with Crippen molar-refractivity contribution >= 4 is 32.7 Å². The lowest BCUT2D eigenvalue weighted by Gasteiger charge is -2.09. The van der Waals surface area contributed by atoms with E-state index < -0.39 is 21.6 Å². The van der Waals surface area contributed by atoms with Crippen molar-refractivity contribution in [2.45, 2.75) is 38.2 Å². The molecule has 1 aromatic heterocycles. The van der Waals surface area contributed by atoms with Crippen LogP contribution in [0.5, 0.6) is 0 Å². The van der Waals surface area contributed by atoms with Gasteiger partial charge in [-0.2, -0.15) is 0 Å². The number of benzene rings is 2. The van der Waals surface area contributed by atoms with E-state index in [1.165, 1.54) is 37.3 Å². The highest BCUT2D eigenvalue weighted by atomic mass is 32.2. The molecule has 0 spiro atoms. The lowest BCUT2D eigenvalue weighted by Crippen LogP contribution is -2.26. The molecule has 0 radical (unpaired) electrons. The molecule has 0 aliphatic heterocycles. The molecule has 1 heterocycles. The Labute approximate surface area is 185 Å². The Morgan fingerprint density at radius 2 is 1.78 bits per heavy atom. The Morgan fingerprint density at radius 1 is 1.06 bits per heavy atom. The number of hydrogen-bond acceptors (Lipinski definition) is 7. The number of esters is 1. The number of fused-ring (bicyclic) bond motifs is 1. The van der Waals surface area contributed by atoms with Crippen molar-refractivity contribution in [1.82, 2.24) is 4.72 Å². The summed E-state index contributed by atoms with van der Waals surface area (Å²) in [6.45, 7) is 3.08. The first kappa shape index (κ1) is 23.4. The molecule has 0 aliphatic carbocycles. The Kier molecular flexibility index (Phi) is 7.22. The van der Waals surface area contributed by atoms with Crippen LogP contribution in [0, 0.1) is 0 Å². The molecule has 3 rings (SSSR count). The van der Waals surface area contributed by atoms with Crippen LogP contribution < -0.4 is 10.3 Å². The summed E-state index contributed by atoms with van der Waals surface area (Å²) in [5.74, 6) is -0.786. The zero-order chi connectivity index (χ0) is 23.3. The fourth-order valence-corrected chi connectivity index (χ4v) is 4.12. The van der Waals surface area contributed by atoms with Gasteiger partial charge in [0.25, 0.3) is 0 Å². The predicted octanol–water partition coefficient (Wildman–Crippen LogP) is 2.97. The predicted molar refractivity (Wildman–Crippen MR) is 118 cm³/mol. The maximum atomic E-state index is 12.3. The van der Waals surface area contributed by atoms with Crippen molar-refractivity contribution in [1.29, 1.82) is 0 Å². The van der Waals surface area contributed by atoms with Crippen molar-refractivity contribution in [3.8, 4) is 0 Å². The topological polar surface area (TPSA) is 120 Å². The van der Waals surface area contributed by atoms with Gasteiger partial charge in [-0.15, -0.1) is 0 Å². The standard InChI is InChI=1S/C23H23NO7S/c1-3-16-4-9-20-18(13-23(27)31-21(20)12-16)14-30-22(26)10-11-24-32(28,29)19-7-5-17(6-8-19)15(2)25/h4-9,12-13,24H,3,10-11,14H2,1-2H3. The molecule has 32 heavy (non-hydrogen) atoms. The number of ether oxygens (including phenoxy) is 1. The maximum absolute atomic E-state index is 12.3. The van der Waals surface area contributed by atoms with Gasteiger partial charge in [-0.3, -0.25) is 9.59 Å². The van der Waals surface area contributed by atoms with Gasteiger partial charge in [0.2, 0.25) is 10.0 Å². The third-order valence-corrected chi connectivity index (χ3v) is 6.36. The first-order chi connectivity index (χ1) is 15.2. The average molecular weight is 458 g/mol. The number of hydrogen-bond donors (Lipinski definition) is 1. The highest BCUT2D eigenvalue weighted by molar-refractivity contribution is 7.89. The van der Waals surface area contributed by atoms with Crippen LogP contribution in [0.4, 0.5) is 0 Å². The molecule has 3 aromatic rings. The first-order valence-electron chi connectivity index (χ1n) is 10.0. The Hall–Kier alpha value is -3.30. The van der Waals surface area contributed by atoms with Gasteiger partial charge in [-0.05, 0) is 37.1 Å².